The molecule has 1 aromatic heterocycles. The number of rotatable bonds is 2. The van der Waals surface area contributed by atoms with Crippen molar-refractivity contribution >= 4 is 17.6 Å². The van der Waals surface area contributed by atoms with Gasteiger partial charge in [0.15, 0.2) is 11.5 Å². The van der Waals surface area contributed by atoms with Gasteiger partial charge in [-0.25, -0.2) is 4.79 Å². The second-order valence-electron chi connectivity index (χ2n) is 4.27. The molecule has 1 amide bonds. The fraction of sp³-hybridized carbons (Fsp3) is 0.154. The van der Waals surface area contributed by atoms with Gasteiger partial charge in [-0.05, 0) is 18.1 Å². The van der Waals surface area contributed by atoms with E-state index in [1.807, 2.05) is 12.1 Å². The van der Waals surface area contributed by atoms with E-state index in [4.69, 9.17) is 9.63 Å². The van der Waals surface area contributed by atoms with Crippen molar-refractivity contribution in [3.05, 3.63) is 35.5 Å². The molecule has 1 aliphatic rings. The molecule has 2 N–H and O–H groups in total. The molecule has 0 radical (unpaired) electrons. The largest absolute Gasteiger partial charge is 0.476 e. The fourth-order valence-corrected chi connectivity index (χ4v) is 2.11. The Labute approximate surface area is 108 Å². The van der Waals surface area contributed by atoms with E-state index < -0.39 is 5.97 Å². The maximum absolute atomic E-state index is 11.5. The number of aromatic carboxylic acids is 1. The topological polar surface area (TPSA) is 92.4 Å². The molecule has 6 heteroatoms. The van der Waals surface area contributed by atoms with Crippen molar-refractivity contribution < 1.29 is 19.2 Å². The maximum Gasteiger partial charge on any atom is 0.358 e. The standard InChI is InChI=1S/C13H10N2O4/c16-11-5-4-7-2-1-3-8(12(7)14-11)10-6-9(13(17)18)15-19-10/h1-3,6H,4-5H2,(H,14,16)(H,17,18). The Morgan fingerprint density at radius 2 is 2.21 bits per heavy atom. The van der Waals surface area contributed by atoms with Crippen LogP contribution in [0.25, 0.3) is 11.3 Å². The Kier molecular flexibility index (Phi) is 2.56. The molecule has 1 aliphatic heterocycles. The van der Waals surface area contributed by atoms with Crippen LogP contribution in [0.5, 0.6) is 0 Å². The van der Waals surface area contributed by atoms with Gasteiger partial charge in [0.25, 0.3) is 0 Å². The maximum atomic E-state index is 11.5. The van der Waals surface area contributed by atoms with E-state index in [9.17, 15) is 9.59 Å². The molecule has 0 spiro atoms. The molecule has 2 aromatic rings. The van der Waals surface area contributed by atoms with E-state index in [2.05, 4.69) is 10.5 Å². The highest BCUT2D eigenvalue weighted by molar-refractivity contribution is 5.98. The Hall–Kier alpha value is -2.63. The number of amides is 1. The number of carboxylic acids is 1. The molecule has 0 unspecified atom stereocenters. The summed E-state index contributed by atoms with van der Waals surface area (Å²) in [6, 6.07) is 6.87. The van der Waals surface area contributed by atoms with E-state index >= 15 is 0 Å². The highest BCUT2D eigenvalue weighted by atomic mass is 16.5. The third-order valence-electron chi connectivity index (χ3n) is 3.03. The molecule has 0 fully saturated rings. The molecule has 1 aromatic carbocycles. The molecular weight excluding hydrogens is 248 g/mol. The fourth-order valence-electron chi connectivity index (χ4n) is 2.11. The summed E-state index contributed by atoms with van der Waals surface area (Å²) >= 11 is 0. The van der Waals surface area contributed by atoms with Gasteiger partial charge in [-0.1, -0.05) is 17.3 Å². The number of para-hydroxylation sites is 1. The van der Waals surface area contributed by atoms with Crippen molar-refractivity contribution in [3.63, 3.8) is 0 Å². The first-order chi connectivity index (χ1) is 9.15. The lowest BCUT2D eigenvalue weighted by Gasteiger charge is -2.18. The molecule has 0 aliphatic carbocycles. The summed E-state index contributed by atoms with van der Waals surface area (Å²) in [5.41, 5.74) is 2.16. The summed E-state index contributed by atoms with van der Waals surface area (Å²) in [5, 5.41) is 15.1. The van der Waals surface area contributed by atoms with Crippen LogP contribution in [0.15, 0.2) is 28.8 Å². The Bertz CT molecular complexity index is 675. The summed E-state index contributed by atoms with van der Waals surface area (Å²) in [4.78, 5) is 22.3. The van der Waals surface area contributed by atoms with Crippen molar-refractivity contribution in [2.24, 2.45) is 0 Å². The van der Waals surface area contributed by atoms with Crippen molar-refractivity contribution in [2.45, 2.75) is 12.8 Å². The Morgan fingerprint density at radius 1 is 1.37 bits per heavy atom. The Morgan fingerprint density at radius 3 is 2.95 bits per heavy atom. The van der Waals surface area contributed by atoms with Gasteiger partial charge in [-0.2, -0.15) is 0 Å². The predicted molar refractivity (Wildman–Crippen MR) is 65.8 cm³/mol. The summed E-state index contributed by atoms with van der Waals surface area (Å²) in [6.45, 7) is 0. The SMILES string of the molecule is O=C1CCc2cccc(-c3cc(C(=O)O)no3)c2N1. The summed E-state index contributed by atoms with van der Waals surface area (Å²) in [5.74, 6) is -0.877. The van der Waals surface area contributed by atoms with Crippen LogP contribution in [-0.4, -0.2) is 22.1 Å². The molecule has 2 heterocycles. The van der Waals surface area contributed by atoms with Crippen molar-refractivity contribution in [2.75, 3.05) is 5.32 Å². The second kappa shape index (κ2) is 4.24. The third kappa shape index (κ3) is 1.97. The molecule has 0 saturated heterocycles. The van der Waals surface area contributed by atoms with Gasteiger partial charge in [0.1, 0.15) is 0 Å². The van der Waals surface area contributed by atoms with Gasteiger partial charge < -0.3 is 14.9 Å². The zero-order valence-corrected chi connectivity index (χ0v) is 9.84. The van der Waals surface area contributed by atoms with Crippen molar-refractivity contribution in [1.82, 2.24) is 5.16 Å². The smallest absolute Gasteiger partial charge is 0.358 e. The summed E-state index contributed by atoms with van der Waals surface area (Å²) in [6.07, 6.45) is 1.11. The minimum Gasteiger partial charge on any atom is -0.476 e. The number of carbonyl (C=O) groups is 2. The number of aromatic nitrogens is 1. The number of hydrogen-bond acceptors (Lipinski definition) is 4. The van der Waals surface area contributed by atoms with E-state index in [0.29, 0.717) is 29.9 Å². The molecule has 0 atom stereocenters. The molecule has 6 nitrogen and oxygen atoms in total. The quantitative estimate of drug-likeness (QED) is 0.858. The zero-order valence-electron chi connectivity index (χ0n) is 9.84. The number of fused-ring (bicyclic) bond motifs is 1. The van der Waals surface area contributed by atoms with Gasteiger partial charge in [0.2, 0.25) is 5.91 Å². The first kappa shape index (κ1) is 11.5. The molecule has 0 saturated carbocycles. The summed E-state index contributed by atoms with van der Waals surface area (Å²) < 4.78 is 5.03. The third-order valence-corrected chi connectivity index (χ3v) is 3.03. The van der Waals surface area contributed by atoms with Crippen molar-refractivity contribution in [1.29, 1.82) is 0 Å². The monoisotopic (exact) mass is 258 g/mol. The lowest BCUT2D eigenvalue weighted by atomic mass is 9.98. The Balaban J connectivity index is 2.09. The van der Waals surface area contributed by atoms with E-state index in [1.165, 1.54) is 6.07 Å². The molecule has 0 bridgehead atoms. The average Bonchev–Trinajstić information content (AvgIpc) is 2.87. The van der Waals surface area contributed by atoms with Gasteiger partial charge in [-0.3, -0.25) is 4.79 Å². The number of benzene rings is 1. The van der Waals surface area contributed by atoms with Gasteiger partial charge in [-0.15, -0.1) is 0 Å². The first-order valence-electron chi connectivity index (χ1n) is 5.77. The number of carboxylic acid groups (broad SMARTS) is 1. The second-order valence-corrected chi connectivity index (χ2v) is 4.27. The normalized spacial score (nSPS) is 13.8. The van der Waals surface area contributed by atoms with Crippen LogP contribution in [0.3, 0.4) is 0 Å². The minimum atomic E-state index is -1.15. The average molecular weight is 258 g/mol. The lowest BCUT2D eigenvalue weighted by molar-refractivity contribution is -0.116. The van der Waals surface area contributed by atoms with E-state index in [1.54, 1.807) is 6.07 Å². The van der Waals surface area contributed by atoms with E-state index in [0.717, 1.165) is 5.56 Å². The number of nitrogens with zero attached hydrogens (tertiary/aromatic N) is 1. The van der Waals surface area contributed by atoms with Crippen LogP contribution in [0, 0.1) is 0 Å². The highest BCUT2D eigenvalue weighted by Crippen LogP contribution is 2.34. The number of hydrogen-bond donors (Lipinski definition) is 2. The molecular formula is C13H10N2O4. The zero-order chi connectivity index (χ0) is 13.4. The summed E-state index contributed by atoms with van der Waals surface area (Å²) in [7, 11) is 0. The number of aryl methyl sites for hydroxylation is 1. The van der Waals surface area contributed by atoms with Gasteiger partial charge >= 0.3 is 5.97 Å². The van der Waals surface area contributed by atoms with E-state index in [-0.39, 0.29) is 11.6 Å². The van der Waals surface area contributed by atoms with Crippen LogP contribution in [0.2, 0.25) is 0 Å². The van der Waals surface area contributed by atoms with Gasteiger partial charge in [0.05, 0.1) is 5.69 Å². The van der Waals surface area contributed by atoms with Crippen LogP contribution < -0.4 is 5.32 Å². The van der Waals surface area contributed by atoms with Crippen molar-refractivity contribution in [3.8, 4) is 11.3 Å². The predicted octanol–water partition coefficient (Wildman–Crippen LogP) is 1.92. The molecule has 96 valence electrons. The molecule has 3 rings (SSSR count). The van der Waals surface area contributed by atoms with Crippen LogP contribution >= 0.6 is 0 Å². The van der Waals surface area contributed by atoms with Gasteiger partial charge in [0, 0.05) is 18.1 Å². The number of carbonyl (C=O) groups excluding carboxylic acids is 1. The lowest BCUT2D eigenvalue weighted by Crippen LogP contribution is -2.19. The highest BCUT2D eigenvalue weighted by Gasteiger charge is 2.21. The first-order valence-corrected chi connectivity index (χ1v) is 5.77. The number of anilines is 1. The van der Waals surface area contributed by atoms with Crippen LogP contribution in [0.4, 0.5) is 5.69 Å². The van der Waals surface area contributed by atoms with Crippen LogP contribution in [0.1, 0.15) is 22.5 Å². The molecule has 19 heavy (non-hydrogen) atoms. The minimum absolute atomic E-state index is 0.0575. The number of nitrogens with one attached hydrogen (secondary N) is 1. The van der Waals surface area contributed by atoms with Crippen LogP contribution in [-0.2, 0) is 11.2 Å².